The molecule has 4 aromatic rings. The molecule has 184 valence electrons. The Morgan fingerprint density at radius 2 is 1.71 bits per heavy atom. The first-order valence-corrected chi connectivity index (χ1v) is 10.8. The Bertz CT molecular complexity index is 1360. The highest BCUT2D eigenvalue weighted by atomic mass is 19.3. The maximum atomic E-state index is 13.2. The molecule has 11 heteroatoms. The second kappa shape index (κ2) is 9.77. The number of halogens is 4. The summed E-state index contributed by atoms with van der Waals surface area (Å²) in [6.07, 6.45) is -5.97. The number of hydrogen-bond donors (Lipinski definition) is 1. The molecule has 0 saturated carbocycles. The molecule has 0 spiro atoms. The maximum absolute atomic E-state index is 13.2. The normalized spacial score (nSPS) is 11.6. The number of amides is 1. The number of carbonyl (C=O) groups is 1. The number of hydrogen-bond acceptors (Lipinski definition) is 4. The van der Waals surface area contributed by atoms with Gasteiger partial charge in [0.15, 0.2) is 5.76 Å². The summed E-state index contributed by atoms with van der Waals surface area (Å²) in [6, 6.07) is 11.4. The van der Waals surface area contributed by atoms with E-state index in [-0.39, 0.29) is 18.1 Å². The van der Waals surface area contributed by atoms with E-state index in [2.05, 4.69) is 15.5 Å². The molecule has 1 aromatic carbocycles. The van der Waals surface area contributed by atoms with Gasteiger partial charge >= 0.3 is 0 Å². The van der Waals surface area contributed by atoms with E-state index in [4.69, 9.17) is 4.42 Å². The van der Waals surface area contributed by atoms with Crippen molar-refractivity contribution in [2.45, 2.75) is 46.7 Å². The van der Waals surface area contributed by atoms with E-state index in [9.17, 15) is 22.4 Å². The molecule has 1 N–H and O–H groups in total. The highest BCUT2D eigenvalue weighted by molar-refractivity contribution is 6.02. The summed E-state index contributed by atoms with van der Waals surface area (Å²) in [4.78, 5) is 12.8. The average Bonchev–Trinajstić information content (AvgIpc) is 3.51. The number of rotatable bonds is 8. The van der Waals surface area contributed by atoms with Crippen LogP contribution >= 0.6 is 0 Å². The van der Waals surface area contributed by atoms with Gasteiger partial charge in [-0.3, -0.25) is 14.2 Å². The molecule has 0 fully saturated rings. The first-order chi connectivity index (χ1) is 16.6. The summed E-state index contributed by atoms with van der Waals surface area (Å²) in [6.45, 7) is 5.84. The van der Waals surface area contributed by atoms with Gasteiger partial charge in [0.05, 0.1) is 30.2 Å². The van der Waals surface area contributed by atoms with E-state index in [1.807, 2.05) is 38.1 Å². The molecule has 3 heterocycles. The number of nitrogens with one attached hydrogen (secondary N) is 1. The van der Waals surface area contributed by atoms with Crippen molar-refractivity contribution in [3.63, 3.8) is 0 Å². The van der Waals surface area contributed by atoms with Crippen LogP contribution in [0.4, 0.5) is 23.2 Å². The highest BCUT2D eigenvalue weighted by Crippen LogP contribution is 2.26. The summed E-state index contributed by atoms with van der Waals surface area (Å²) in [7, 11) is 0. The number of aryl methyl sites for hydroxylation is 2. The van der Waals surface area contributed by atoms with Gasteiger partial charge in [-0.1, -0.05) is 24.3 Å². The van der Waals surface area contributed by atoms with Crippen LogP contribution in [-0.4, -0.2) is 25.5 Å². The van der Waals surface area contributed by atoms with Crippen molar-refractivity contribution in [1.82, 2.24) is 19.6 Å². The molecule has 35 heavy (non-hydrogen) atoms. The lowest BCUT2D eigenvalue weighted by Crippen LogP contribution is -2.13. The van der Waals surface area contributed by atoms with E-state index in [1.54, 1.807) is 11.6 Å². The van der Waals surface area contributed by atoms with Gasteiger partial charge in [-0.05, 0) is 50.1 Å². The number of benzene rings is 1. The van der Waals surface area contributed by atoms with Crippen LogP contribution < -0.4 is 5.32 Å². The Balaban J connectivity index is 1.49. The van der Waals surface area contributed by atoms with Gasteiger partial charge in [0.25, 0.3) is 18.8 Å². The van der Waals surface area contributed by atoms with Gasteiger partial charge < -0.3 is 9.73 Å². The highest BCUT2D eigenvalue weighted by Gasteiger charge is 2.23. The van der Waals surface area contributed by atoms with Crippen LogP contribution in [0.3, 0.4) is 0 Å². The molecule has 0 aliphatic carbocycles. The molecule has 1 amide bonds. The molecular weight excluding hydrogens is 466 g/mol. The minimum Gasteiger partial charge on any atom is -0.454 e. The number of carbonyl (C=O) groups excluding carboxylic acids is 1. The second-order valence-corrected chi connectivity index (χ2v) is 8.10. The lowest BCUT2D eigenvalue weighted by Gasteiger charge is -2.08. The number of aromatic nitrogens is 4. The SMILES string of the molecule is Cc1ccccc1Cn1nc(C)c(NC(=O)c2ccc(Cn3nc(C(F)F)cc3C(F)F)o2)c1C. The van der Waals surface area contributed by atoms with Gasteiger partial charge in [-0.25, -0.2) is 17.6 Å². The fraction of sp³-hybridized carbons (Fsp3) is 0.292. The summed E-state index contributed by atoms with van der Waals surface area (Å²) in [5.41, 5.74) is 2.73. The zero-order chi connectivity index (χ0) is 25.3. The molecule has 0 aliphatic rings. The Hall–Kier alpha value is -3.89. The fourth-order valence-corrected chi connectivity index (χ4v) is 3.75. The largest absolute Gasteiger partial charge is 0.454 e. The predicted molar refractivity (Wildman–Crippen MR) is 120 cm³/mol. The van der Waals surface area contributed by atoms with Crippen molar-refractivity contribution in [1.29, 1.82) is 0 Å². The van der Waals surface area contributed by atoms with Crippen molar-refractivity contribution in [3.05, 3.63) is 87.9 Å². The van der Waals surface area contributed by atoms with Gasteiger partial charge in [-0.2, -0.15) is 10.2 Å². The van der Waals surface area contributed by atoms with E-state index >= 15 is 0 Å². The van der Waals surface area contributed by atoms with E-state index < -0.39 is 30.1 Å². The fourth-order valence-electron chi connectivity index (χ4n) is 3.75. The first kappa shape index (κ1) is 24.2. The van der Waals surface area contributed by atoms with Crippen LogP contribution in [0, 0.1) is 20.8 Å². The third-order valence-corrected chi connectivity index (χ3v) is 5.67. The number of nitrogens with zero attached hydrogens (tertiary/aromatic N) is 4. The molecule has 0 aliphatic heterocycles. The van der Waals surface area contributed by atoms with Crippen LogP contribution in [0.1, 0.15) is 63.1 Å². The predicted octanol–water partition coefficient (Wildman–Crippen LogP) is 5.82. The topological polar surface area (TPSA) is 77.9 Å². The molecular formula is C24H23F4N5O2. The van der Waals surface area contributed by atoms with E-state index in [0.717, 1.165) is 21.5 Å². The molecule has 0 saturated heterocycles. The van der Waals surface area contributed by atoms with Crippen LogP contribution in [0.15, 0.2) is 46.9 Å². The number of alkyl halides is 4. The third-order valence-electron chi connectivity index (χ3n) is 5.67. The quantitative estimate of drug-likeness (QED) is 0.316. The van der Waals surface area contributed by atoms with Crippen molar-refractivity contribution < 1.29 is 26.8 Å². The molecule has 0 unspecified atom stereocenters. The first-order valence-electron chi connectivity index (χ1n) is 10.8. The van der Waals surface area contributed by atoms with Gasteiger partial charge in [0.1, 0.15) is 17.1 Å². The van der Waals surface area contributed by atoms with E-state index in [1.165, 1.54) is 12.1 Å². The second-order valence-electron chi connectivity index (χ2n) is 8.10. The standard InChI is InChI=1S/C24H23F4N5O2/c1-13-6-4-5-7-16(13)11-32-15(3)21(14(2)30-32)29-24(34)20-9-8-17(35-20)12-33-19(23(27)28)10-18(31-33)22(25)26/h4-10,22-23H,11-12H2,1-3H3,(H,29,34). The number of furan rings is 1. The van der Waals surface area contributed by atoms with Gasteiger partial charge in [0.2, 0.25) is 0 Å². The lowest BCUT2D eigenvalue weighted by molar-refractivity contribution is 0.0993. The molecule has 7 nitrogen and oxygen atoms in total. The minimum atomic E-state index is -2.99. The van der Waals surface area contributed by atoms with Crippen molar-refractivity contribution in [2.75, 3.05) is 5.32 Å². The van der Waals surface area contributed by atoms with Crippen LogP contribution in [-0.2, 0) is 13.1 Å². The molecule has 3 aromatic heterocycles. The average molecular weight is 489 g/mol. The summed E-state index contributed by atoms with van der Waals surface area (Å²) in [5.74, 6) is -0.504. The lowest BCUT2D eigenvalue weighted by atomic mass is 10.1. The van der Waals surface area contributed by atoms with Crippen molar-refractivity contribution in [3.8, 4) is 0 Å². The minimum absolute atomic E-state index is 0.0645. The van der Waals surface area contributed by atoms with Crippen molar-refractivity contribution >= 4 is 11.6 Å². The molecule has 0 bridgehead atoms. The van der Waals surface area contributed by atoms with Gasteiger partial charge in [-0.15, -0.1) is 0 Å². The summed E-state index contributed by atoms with van der Waals surface area (Å²) in [5, 5.41) is 10.8. The summed E-state index contributed by atoms with van der Waals surface area (Å²) < 4.78 is 60.2. The van der Waals surface area contributed by atoms with E-state index in [0.29, 0.717) is 24.0 Å². The zero-order valence-corrected chi connectivity index (χ0v) is 19.2. The third kappa shape index (κ3) is 5.13. The molecule has 4 rings (SSSR count). The van der Waals surface area contributed by atoms with Crippen LogP contribution in [0.25, 0.3) is 0 Å². The van der Waals surface area contributed by atoms with Crippen molar-refractivity contribution in [2.24, 2.45) is 0 Å². The van der Waals surface area contributed by atoms with Crippen LogP contribution in [0.2, 0.25) is 0 Å². The Morgan fingerprint density at radius 1 is 0.971 bits per heavy atom. The Labute approximate surface area is 198 Å². The smallest absolute Gasteiger partial charge is 0.291 e. The molecule has 0 radical (unpaired) electrons. The van der Waals surface area contributed by atoms with Gasteiger partial charge in [0, 0.05) is 0 Å². The van der Waals surface area contributed by atoms with Crippen LogP contribution in [0.5, 0.6) is 0 Å². The zero-order valence-electron chi connectivity index (χ0n) is 19.2. The molecule has 0 atom stereocenters. The Morgan fingerprint density at radius 3 is 2.40 bits per heavy atom. The number of anilines is 1. The summed E-state index contributed by atoms with van der Waals surface area (Å²) >= 11 is 0. The maximum Gasteiger partial charge on any atom is 0.291 e. The monoisotopic (exact) mass is 489 g/mol. The Kier molecular flexibility index (Phi) is 6.77.